The lowest BCUT2D eigenvalue weighted by molar-refractivity contribution is 0.389. The summed E-state index contributed by atoms with van der Waals surface area (Å²) in [5, 5.41) is 8.87. The zero-order valence-electron chi connectivity index (χ0n) is 9.03. The van der Waals surface area contributed by atoms with Crippen LogP contribution in [-0.4, -0.2) is 13.0 Å². The summed E-state index contributed by atoms with van der Waals surface area (Å²) in [5.41, 5.74) is 1.24. The molecule has 0 saturated carbocycles. The summed E-state index contributed by atoms with van der Waals surface area (Å²) in [7, 11) is 1.60. The van der Waals surface area contributed by atoms with Gasteiger partial charge in [0, 0.05) is 6.42 Å². The Labute approximate surface area is 90.0 Å². The van der Waals surface area contributed by atoms with Gasteiger partial charge in [0.15, 0.2) is 5.90 Å². The highest BCUT2D eigenvalue weighted by molar-refractivity contribution is 5.80. The summed E-state index contributed by atoms with van der Waals surface area (Å²) in [6, 6.07) is 9.35. The van der Waals surface area contributed by atoms with Gasteiger partial charge < -0.3 is 4.74 Å². The minimum atomic E-state index is 0.572. The summed E-state index contributed by atoms with van der Waals surface area (Å²) in [5.74, 6) is 0.667. The third-order valence-corrected chi connectivity index (χ3v) is 1.97. The monoisotopic (exact) mass is 202 g/mol. The number of hydrogen-bond acceptors (Lipinski definition) is 3. The Morgan fingerprint density at radius 3 is 2.80 bits per heavy atom. The maximum absolute atomic E-state index is 8.87. The lowest BCUT2D eigenvalue weighted by atomic mass is 10.2. The van der Waals surface area contributed by atoms with Gasteiger partial charge in [-0.05, 0) is 18.6 Å². The molecule has 3 nitrogen and oxygen atoms in total. The second-order valence-corrected chi connectivity index (χ2v) is 3.09. The van der Waals surface area contributed by atoms with Crippen molar-refractivity contribution in [3.63, 3.8) is 0 Å². The Kier molecular flexibility index (Phi) is 4.36. The Hall–Kier alpha value is -1.82. The quantitative estimate of drug-likeness (QED) is 0.558. The molecule has 0 saturated heterocycles. The Morgan fingerprint density at radius 2 is 2.20 bits per heavy atom. The highest BCUT2D eigenvalue weighted by Crippen LogP contribution is 2.18. The van der Waals surface area contributed by atoms with E-state index < -0.39 is 0 Å². The van der Waals surface area contributed by atoms with Crippen molar-refractivity contribution in [2.24, 2.45) is 4.99 Å². The minimum absolute atomic E-state index is 0.572. The SMILES string of the molecule is CCCC(=Nc1ccccc1C#N)OC. The molecule has 0 aliphatic carbocycles. The first-order valence-electron chi connectivity index (χ1n) is 4.92. The van der Waals surface area contributed by atoms with Gasteiger partial charge in [-0.1, -0.05) is 19.1 Å². The fourth-order valence-corrected chi connectivity index (χ4v) is 1.22. The second-order valence-electron chi connectivity index (χ2n) is 3.09. The van der Waals surface area contributed by atoms with Crippen LogP contribution in [0.2, 0.25) is 0 Å². The molecule has 78 valence electrons. The van der Waals surface area contributed by atoms with E-state index in [1.807, 2.05) is 18.2 Å². The van der Waals surface area contributed by atoms with Crippen molar-refractivity contribution in [2.45, 2.75) is 19.8 Å². The van der Waals surface area contributed by atoms with Crippen LogP contribution in [-0.2, 0) is 4.74 Å². The molecule has 1 aromatic carbocycles. The zero-order valence-corrected chi connectivity index (χ0v) is 9.03. The summed E-state index contributed by atoms with van der Waals surface area (Å²) >= 11 is 0. The molecule has 0 fully saturated rings. The number of methoxy groups -OCH3 is 1. The molecule has 0 amide bonds. The van der Waals surface area contributed by atoms with Gasteiger partial charge in [-0.25, -0.2) is 4.99 Å². The standard InChI is InChI=1S/C12H14N2O/c1-3-6-12(15-2)14-11-8-5-4-7-10(11)9-13/h4-5,7-8H,3,6H2,1-2H3. The maximum atomic E-state index is 8.87. The molecule has 0 aromatic heterocycles. The number of ether oxygens (including phenoxy) is 1. The van der Waals surface area contributed by atoms with E-state index in [9.17, 15) is 0 Å². The normalized spacial score (nSPS) is 10.9. The Morgan fingerprint density at radius 1 is 1.47 bits per heavy atom. The largest absolute Gasteiger partial charge is 0.484 e. The molecule has 0 aliphatic heterocycles. The molecule has 3 heteroatoms. The molecule has 1 rings (SSSR count). The Balaban J connectivity index is 3.00. The van der Waals surface area contributed by atoms with Crippen LogP contribution in [0.1, 0.15) is 25.3 Å². The molecular weight excluding hydrogens is 188 g/mol. The topological polar surface area (TPSA) is 45.4 Å². The van der Waals surface area contributed by atoms with E-state index in [1.165, 1.54) is 0 Å². The molecule has 0 radical (unpaired) electrons. The van der Waals surface area contributed by atoms with Crippen LogP contribution in [0.3, 0.4) is 0 Å². The smallest absolute Gasteiger partial charge is 0.188 e. The van der Waals surface area contributed by atoms with Crippen LogP contribution in [0.15, 0.2) is 29.3 Å². The Bertz CT molecular complexity index is 391. The minimum Gasteiger partial charge on any atom is -0.484 e. The van der Waals surface area contributed by atoms with Crippen LogP contribution in [0.4, 0.5) is 5.69 Å². The average molecular weight is 202 g/mol. The van der Waals surface area contributed by atoms with E-state index in [4.69, 9.17) is 10.00 Å². The van der Waals surface area contributed by atoms with Gasteiger partial charge in [0.2, 0.25) is 0 Å². The van der Waals surface area contributed by atoms with Crippen molar-refractivity contribution in [3.05, 3.63) is 29.8 Å². The van der Waals surface area contributed by atoms with Gasteiger partial charge in [-0.3, -0.25) is 0 Å². The number of aliphatic imine (C=N–C) groups is 1. The first-order chi connectivity index (χ1) is 7.31. The third kappa shape index (κ3) is 3.10. The van der Waals surface area contributed by atoms with E-state index in [-0.39, 0.29) is 0 Å². The highest BCUT2D eigenvalue weighted by atomic mass is 16.5. The number of nitriles is 1. The number of para-hydroxylation sites is 1. The van der Waals surface area contributed by atoms with Crippen LogP contribution in [0, 0.1) is 11.3 Å². The second kappa shape index (κ2) is 5.82. The fourth-order valence-electron chi connectivity index (χ4n) is 1.22. The molecule has 0 heterocycles. The van der Waals surface area contributed by atoms with E-state index in [0.29, 0.717) is 17.1 Å². The molecule has 0 spiro atoms. The molecule has 0 unspecified atom stereocenters. The van der Waals surface area contributed by atoms with E-state index in [2.05, 4.69) is 18.0 Å². The van der Waals surface area contributed by atoms with Gasteiger partial charge in [0.05, 0.1) is 18.4 Å². The summed E-state index contributed by atoms with van der Waals surface area (Å²) in [4.78, 5) is 4.31. The third-order valence-electron chi connectivity index (χ3n) is 1.97. The summed E-state index contributed by atoms with van der Waals surface area (Å²) in [6.45, 7) is 2.06. The van der Waals surface area contributed by atoms with E-state index in [1.54, 1.807) is 13.2 Å². The van der Waals surface area contributed by atoms with Crippen molar-refractivity contribution in [1.82, 2.24) is 0 Å². The number of rotatable bonds is 3. The van der Waals surface area contributed by atoms with Gasteiger partial charge in [-0.15, -0.1) is 0 Å². The summed E-state index contributed by atoms with van der Waals surface area (Å²) < 4.78 is 5.13. The van der Waals surface area contributed by atoms with Crippen molar-refractivity contribution in [3.8, 4) is 6.07 Å². The fraction of sp³-hybridized carbons (Fsp3) is 0.333. The lowest BCUT2D eigenvalue weighted by Gasteiger charge is -2.03. The van der Waals surface area contributed by atoms with Crippen molar-refractivity contribution in [2.75, 3.05) is 7.11 Å². The molecule has 1 aromatic rings. The predicted molar refractivity (Wildman–Crippen MR) is 60.2 cm³/mol. The number of nitrogens with zero attached hydrogens (tertiary/aromatic N) is 2. The predicted octanol–water partition coefficient (Wildman–Crippen LogP) is 3.03. The maximum Gasteiger partial charge on any atom is 0.188 e. The molecule has 15 heavy (non-hydrogen) atoms. The molecule has 0 atom stereocenters. The van der Waals surface area contributed by atoms with Gasteiger partial charge >= 0.3 is 0 Å². The average Bonchev–Trinajstić information content (AvgIpc) is 2.29. The summed E-state index contributed by atoms with van der Waals surface area (Å²) in [6.07, 6.45) is 1.76. The van der Waals surface area contributed by atoms with Crippen LogP contribution < -0.4 is 0 Å². The van der Waals surface area contributed by atoms with Crippen LogP contribution in [0.25, 0.3) is 0 Å². The van der Waals surface area contributed by atoms with Crippen LogP contribution >= 0.6 is 0 Å². The van der Waals surface area contributed by atoms with Gasteiger partial charge in [0.25, 0.3) is 0 Å². The van der Waals surface area contributed by atoms with Gasteiger partial charge in [0.1, 0.15) is 6.07 Å². The van der Waals surface area contributed by atoms with E-state index in [0.717, 1.165) is 12.8 Å². The lowest BCUT2D eigenvalue weighted by Crippen LogP contribution is -1.99. The first kappa shape index (κ1) is 11.3. The molecular formula is C12H14N2O. The first-order valence-corrected chi connectivity index (χ1v) is 4.92. The van der Waals surface area contributed by atoms with Crippen LogP contribution in [0.5, 0.6) is 0 Å². The number of hydrogen-bond donors (Lipinski definition) is 0. The molecule has 0 bridgehead atoms. The number of benzene rings is 1. The van der Waals surface area contributed by atoms with Crippen molar-refractivity contribution >= 4 is 11.6 Å². The van der Waals surface area contributed by atoms with Crippen molar-refractivity contribution < 1.29 is 4.74 Å². The van der Waals surface area contributed by atoms with Gasteiger partial charge in [-0.2, -0.15) is 5.26 Å². The highest BCUT2D eigenvalue weighted by Gasteiger charge is 2.01. The van der Waals surface area contributed by atoms with E-state index >= 15 is 0 Å². The van der Waals surface area contributed by atoms with Crippen molar-refractivity contribution in [1.29, 1.82) is 5.26 Å². The molecule has 0 N–H and O–H groups in total. The zero-order chi connectivity index (χ0) is 11.1. The molecule has 0 aliphatic rings.